The van der Waals surface area contributed by atoms with Crippen LogP contribution in [0.25, 0.3) is 0 Å². The van der Waals surface area contributed by atoms with Gasteiger partial charge in [-0.25, -0.2) is 8.42 Å². The third-order valence-corrected chi connectivity index (χ3v) is 8.75. The molecule has 1 aliphatic heterocycles. The van der Waals surface area contributed by atoms with Crippen LogP contribution in [-0.2, 0) is 10.0 Å². The number of carbonyl (C=O) groups is 1. The van der Waals surface area contributed by atoms with Crippen LogP contribution in [0.15, 0.2) is 89.8 Å². The molecule has 0 atom stereocenters. The van der Waals surface area contributed by atoms with Crippen LogP contribution in [0.2, 0.25) is 0 Å². The quantitative estimate of drug-likeness (QED) is 0.495. The first-order valence-electron chi connectivity index (χ1n) is 12.0. The molecule has 1 heterocycles. The van der Waals surface area contributed by atoms with Gasteiger partial charge in [0.2, 0.25) is 10.0 Å². The van der Waals surface area contributed by atoms with E-state index >= 15 is 0 Å². The Morgan fingerprint density at radius 3 is 1.71 bits per heavy atom. The molecule has 0 radical (unpaired) electrons. The lowest BCUT2D eigenvalue weighted by molar-refractivity contribution is 0.0597. The van der Waals surface area contributed by atoms with Crippen LogP contribution in [-0.4, -0.2) is 67.7 Å². The topological polar surface area (TPSA) is 60.9 Å². The van der Waals surface area contributed by atoms with Crippen molar-refractivity contribution in [1.82, 2.24) is 14.1 Å². The zero-order valence-electron chi connectivity index (χ0n) is 20.5. The van der Waals surface area contributed by atoms with E-state index in [1.165, 1.54) is 27.6 Å². The SMILES string of the molecule is CC(C)N(C)S(=O)(=O)c1ccc(C(=O)N2CCN(C(c3ccccc3)c3ccccc3)CC2)cc1. The molecule has 1 saturated heterocycles. The molecule has 184 valence electrons. The molecule has 35 heavy (non-hydrogen) atoms. The highest BCUT2D eigenvalue weighted by atomic mass is 32.2. The van der Waals surface area contributed by atoms with Gasteiger partial charge in [-0.15, -0.1) is 0 Å². The van der Waals surface area contributed by atoms with Gasteiger partial charge in [-0.1, -0.05) is 60.7 Å². The first-order chi connectivity index (χ1) is 16.8. The zero-order valence-corrected chi connectivity index (χ0v) is 21.4. The molecule has 1 amide bonds. The van der Waals surface area contributed by atoms with E-state index in [2.05, 4.69) is 53.4 Å². The minimum absolute atomic E-state index is 0.0678. The molecule has 1 aliphatic rings. The van der Waals surface area contributed by atoms with Gasteiger partial charge >= 0.3 is 0 Å². The number of benzene rings is 3. The van der Waals surface area contributed by atoms with Gasteiger partial charge in [0, 0.05) is 44.8 Å². The standard InChI is InChI=1S/C28H33N3O3S/c1-22(2)29(3)35(33,34)26-16-14-25(15-17-26)28(32)31-20-18-30(19-21-31)27(23-10-6-4-7-11-23)24-12-8-5-9-13-24/h4-17,22,27H,18-21H2,1-3H3. The van der Waals surface area contributed by atoms with Crippen LogP contribution in [0, 0.1) is 0 Å². The molecule has 3 aromatic rings. The second kappa shape index (κ2) is 10.7. The lowest BCUT2D eigenvalue weighted by atomic mass is 9.96. The minimum atomic E-state index is -3.57. The monoisotopic (exact) mass is 491 g/mol. The van der Waals surface area contributed by atoms with Crippen LogP contribution < -0.4 is 0 Å². The molecule has 0 aromatic heterocycles. The molecule has 0 spiro atoms. The molecule has 3 aromatic carbocycles. The van der Waals surface area contributed by atoms with Crippen molar-refractivity contribution in [2.24, 2.45) is 0 Å². The van der Waals surface area contributed by atoms with Crippen molar-refractivity contribution in [1.29, 1.82) is 0 Å². The molecule has 6 nitrogen and oxygen atoms in total. The number of carbonyl (C=O) groups excluding carboxylic acids is 1. The van der Waals surface area contributed by atoms with Crippen LogP contribution in [0.3, 0.4) is 0 Å². The predicted octanol–water partition coefficient (Wildman–Crippen LogP) is 4.26. The molecule has 0 unspecified atom stereocenters. The maximum atomic E-state index is 13.2. The van der Waals surface area contributed by atoms with Crippen molar-refractivity contribution >= 4 is 15.9 Å². The fourth-order valence-electron chi connectivity index (χ4n) is 4.46. The van der Waals surface area contributed by atoms with E-state index < -0.39 is 10.0 Å². The van der Waals surface area contributed by atoms with Crippen LogP contribution in [0.4, 0.5) is 0 Å². The van der Waals surface area contributed by atoms with Crippen molar-refractivity contribution in [2.75, 3.05) is 33.2 Å². The van der Waals surface area contributed by atoms with Gasteiger partial charge < -0.3 is 4.90 Å². The Hall–Kier alpha value is -3.00. The largest absolute Gasteiger partial charge is 0.336 e. The Bertz CT molecular complexity index is 1180. The normalized spacial score (nSPS) is 15.2. The fourth-order valence-corrected chi connectivity index (χ4v) is 5.83. The first kappa shape index (κ1) is 25.1. The number of nitrogens with zero attached hydrogens (tertiary/aromatic N) is 3. The average Bonchev–Trinajstić information content (AvgIpc) is 2.89. The molecule has 0 aliphatic carbocycles. The number of amides is 1. The second-order valence-electron chi connectivity index (χ2n) is 9.19. The maximum absolute atomic E-state index is 13.2. The van der Waals surface area contributed by atoms with Crippen LogP contribution in [0.1, 0.15) is 41.4 Å². The Morgan fingerprint density at radius 2 is 1.26 bits per heavy atom. The Morgan fingerprint density at radius 1 is 0.771 bits per heavy atom. The Balaban J connectivity index is 1.46. The summed E-state index contributed by atoms with van der Waals surface area (Å²) in [6, 6.07) is 27.2. The van der Waals surface area contributed by atoms with E-state index in [4.69, 9.17) is 0 Å². The summed E-state index contributed by atoms with van der Waals surface area (Å²) >= 11 is 0. The minimum Gasteiger partial charge on any atom is -0.336 e. The lowest BCUT2D eigenvalue weighted by Crippen LogP contribution is -2.49. The fraction of sp³-hybridized carbons (Fsp3) is 0.321. The number of rotatable bonds is 7. The van der Waals surface area contributed by atoms with Gasteiger partial charge in [0.05, 0.1) is 10.9 Å². The summed E-state index contributed by atoms with van der Waals surface area (Å²) in [5.41, 5.74) is 2.98. The average molecular weight is 492 g/mol. The third kappa shape index (κ3) is 5.48. The molecular formula is C28H33N3O3S. The van der Waals surface area contributed by atoms with Crippen LogP contribution in [0.5, 0.6) is 0 Å². The predicted molar refractivity (Wildman–Crippen MR) is 139 cm³/mol. The number of hydrogen-bond donors (Lipinski definition) is 0. The number of hydrogen-bond acceptors (Lipinski definition) is 4. The van der Waals surface area contributed by atoms with Gasteiger partial charge in [0.1, 0.15) is 0 Å². The van der Waals surface area contributed by atoms with E-state index in [1.54, 1.807) is 19.2 Å². The molecule has 1 fully saturated rings. The molecule has 0 saturated carbocycles. The van der Waals surface area contributed by atoms with Gasteiger partial charge in [-0.05, 0) is 49.2 Å². The zero-order chi connectivity index (χ0) is 25.0. The summed E-state index contributed by atoms with van der Waals surface area (Å²) in [4.78, 5) is 17.6. The highest BCUT2D eigenvalue weighted by Gasteiger charge is 2.29. The Kier molecular flexibility index (Phi) is 7.69. The van der Waals surface area contributed by atoms with Gasteiger partial charge in [0.15, 0.2) is 0 Å². The third-order valence-electron chi connectivity index (χ3n) is 6.70. The molecular weight excluding hydrogens is 458 g/mol. The number of piperazine rings is 1. The van der Waals surface area contributed by atoms with Crippen LogP contribution >= 0.6 is 0 Å². The van der Waals surface area contributed by atoms with Crippen molar-refractivity contribution in [3.05, 3.63) is 102 Å². The smallest absolute Gasteiger partial charge is 0.253 e. The van der Waals surface area contributed by atoms with E-state index in [1.807, 2.05) is 30.9 Å². The van der Waals surface area contributed by atoms with E-state index in [0.717, 1.165) is 13.1 Å². The number of sulfonamides is 1. The Labute approximate surface area is 208 Å². The van der Waals surface area contributed by atoms with E-state index in [9.17, 15) is 13.2 Å². The molecule has 4 rings (SSSR count). The van der Waals surface area contributed by atoms with Gasteiger partial charge in [0.25, 0.3) is 5.91 Å². The highest BCUT2D eigenvalue weighted by Crippen LogP contribution is 2.29. The van der Waals surface area contributed by atoms with Gasteiger partial charge in [-0.2, -0.15) is 4.31 Å². The molecule has 0 N–H and O–H groups in total. The maximum Gasteiger partial charge on any atom is 0.253 e. The van der Waals surface area contributed by atoms with Crippen molar-refractivity contribution in [2.45, 2.75) is 30.8 Å². The summed E-state index contributed by atoms with van der Waals surface area (Å²) in [5, 5.41) is 0. The highest BCUT2D eigenvalue weighted by molar-refractivity contribution is 7.89. The summed E-state index contributed by atoms with van der Waals surface area (Å²) < 4.78 is 26.8. The van der Waals surface area contributed by atoms with Crippen molar-refractivity contribution in [3.8, 4) is 0 Å². The molecule has 7 heteroatoms. The second-order valence-corrected chi connectivity index (χ2v) is 11.2. The first-order valence-corrected chi connectivity index (χ1v) is 13.4. The van der Waals surface area contributed by atoms with Crippen molar-refractivity contribution in [3.63, 3.8) is 0 Å². The summed E-state index contributed by atoms with van der Waals surface area (Å²) in [7, 11) is -2.01. The van der Waals surface area contributed by atoms with Crippen molar-refractivity contribution < 1.29 is 13.2 Å². The lowest BCUT2D eigenvalue weighted by Gasteiger charge is -2.39. The van der Waals surface area contributed by atoms with Gasteiger partial charge in [-0.3, -0.25) is 9.69 Å². The summed E-state index contributed by atoms with van der Waals surface area (Å²) in [6.45, 7) is 6.40. The summed E-state index contributed by atoms with van der Waals surface area (Å²) in [6.07, 6.45) is 0. The van der Waals surface area contributed by atoms with E-state index in [0.29, 0.717) is 18.7 Å². The summed E-state index contributed by atoms with van der Waals surface area (Å²) in [5.74, 6) is -0.0678. The molecule has 0 bridgehead atoms. The van der Waals surface area contributed by atoms with E-state index in [-0.39, 0.29) is 22.9 Å².